The number of anilines is 1. The molecule has 0 saturated carbocycles. The number of carbonyl (C=O) groups is 1. The van der Waals surface area contributed by atoms with Gasteiger partial charge < -0.3 is 9.73 Å². The van der Waals surface area contributed by atoms with Crippen molar-refractivity contribution in [2.45, 2.75) is 6.92 Å². The van der Waals surface area contributed by atoms with Crippen LogP contribution >= 0.6 is 0 Å². The van der Waals surface area contributed by atoms with E-state index in [0.29, 0.717) is 29.4 Å². The number of aromatic nitrogens is 3. The SMILES string of the molecule is Cc1ccc(NC=O)c(-c2nnc(-c3ccncc3)o2)c1. The predicted octanol–water partition coefficient (Wildman–Crippen LogP) is 2.68. The Bertz CT molecular complexity index is 768. The zero-order valence-corrected chi connectivity index (χ0v) is 11.3. The highest BCUT2D eigenvalue weighted by molar-refractivity contribution is 5.82. The highest BCUT2D eigenvalue weighted by atomic mass is 16.4. The Balaban J connectivity index is 2.04. The molecule has 1 N–H and O–H groups in total. The molecule has 0 atom stereocenters. The summed E-state index contributed by atoms with van der Waals surface area (Å²) in [4.78, 5) is 14.6. The first-order valence-electron chi connectivity index (χ1n) is 6.33. The number of rotatable bonds is 4. The Hall–Kier alpha value is -3.02. The van der Waals surface area contributed by atoms with Gasteiger partial charge in [0, 0.05) is 18.0 Å². The normalized spacial score (nSPS) is 10.3. The quantitative estimate of drug-likeness (QED) is 0.743. The van der Waals surface area contributed by atoms with Gasteiger partial charge in [-0.15, -0.1) is 10.2 Å². The lowest BCUT2D eigenvalue weighted by atomic mass is 10.1. The summed E-state index contributed by atoms with van der Waals surface area (Å²) in [6, 6.07) is 9.16. The molecule has 6 nitrogen and oxygen atoms in total. The van der Waals surface area contributed by atoms with Crippen molar-refractivity contribution in [2.75, 3.05) is 5.32 Å². The van der Waals surface area contributed by atoms with Crippen molar-refractivity contribution in [1.29, 1.82) is 0 Å². The number of nitrogens with one attached hydrogen (secondary N) is 1. The molecule has 1 amide bonds. The molecule has 0 bridgehead atoms. The zero-order chi connectivity index (χ0) is 14.7. The minimum Gasteiger partial charge on any atom is -0.416 e. The third kappa shape index (κ3) is 2.64. The fourth-order valence-electron chi connectivity index (χ4n) is 1.97. The number of hydrogen-bond acceptors (Lipinski definition) is 5. The molecule has 0 aliphatic carbocycles. The number of nitrogens with zero attached hydrogens (tertiary/aromatic N) is 3. The first-order valence-corrected chi connectivity index (χ1v) is 6.33. The van der Waals surface area contributed by atoms with Gasteiger partial charge >= 0.3 is 0 Å². The Morgan fingerprint density at radius 3 is 2.62 bits per heavy atom. The van der Waals surface area contributed by atoms with Crippen molar-refractivity contribution in [3.8, 4) is 22.9 Å². The Labute approximate surface area is 120 Å². The van der Waals surface area contributed by atoms with Crippen LogP contribution < -0.4 is 5.32 Å². The molecule has 2 heterocycles. The molecule has 3 aromatic rings. The van der Waals surface area contributed by atoms with Crippen LogP contribution in [0.5, 0.6) is 0 Å². The Morgan fingerprint density at radius 1 is 1.10 bits per heavy atom. The molecule has 0 saturated heterocycles. The minimum atomic E-state index is 0.356. The largest absolute Gasteiger partial charge is 0.416 e. The van der Waals surface area contributed by atoms with E-state index in [1.54, 1.807) is 30.6 Å². The lowest BCUT2D eigenvalue weighted by Gasteiger charge is -2.05. The van der Waals surface area contributed by atoms with Gasteiger partial charge in [-0.2, -0.15) is 0 Å². The zero-order valence-electron chi connectivity index (χ0n) is 11.3. The molecule has 1 aromatic carbocycles. The average molecular weight is 280 g/mol. The van der Waals surface area contributed by atoms with Gasteiger partial charge in [-0.25, -0.2) is 0 Å². The second kappa shape index (κ2) is 5.54. The summed E-state index contributed by atoms with van der Waals surface area (Å²) in [5.41, 5.74) is 3.14. The van der Waals surface area contributed by atoms with Crippen LogP contribution in [0, 0.1) is 6.92 Å². The lowest BCUT2D eigenvalue weighted by Crippen LogP contribution is -1.96. The fourth-order valence-corrected chi connectivity index (χ4v) is 1.97. The molecule has 3 rings (SSSR count). The van der Waals surface area contributed by atoms with Crippen LogP contribution in [0.15, 0.2) is 47.1 Å². The molecule has 6 heteroatoms. The third-order valence-electron chi connectivity index (χ3n) is 2.97. The fraction of sp³-hybridized carbons (Fsp3) is 0.0667. The van der Waals surface area contributed by atoms with Crippen LogP contribution in [0.2, 0.25) is 0 Å². The van der Waals surface area contributed by atoms with Gasteiger partial charge in [0.15, 0.2) is 0 Å². The van der Waals surface area contributed by atoms with Crippen molar-refractivity contribution in [1.82, 2.24) is 15.2 Å². The summed E-state index contributed by atoms with van der Waals surface area (Å²) in [6.45, 7) is 1.95. The van der Waals surface area contributed by atoms with E-state index in [-0.39, 0.29) is 0 Å². The number of hydrogen-bond donors (Lipinski definition) is 1. The number of aryl methyl sites for hydroxylation is 1. The molecule has 0 aliphatic heterocycles. The molecule has 21 heavy (non-hydrogen) atoms. The van der Waals surface area contributed by atoms with E-state index in [4.69, 9.17) is 4.42 Å². The first kappa shape index (κ1) is 13.0. The van der Waals surface area contributed by atoms with Gasteiger partial charge in [-0.3, -0.25) is 9.78 Å². The van der Waals surface area contributed by atoms with Crippen molar-refractivity contribution in [3.05, 3.63) is 48.3 Å². The van der Waals surface area contributed by atoms with Crippen LogP contribution in [0.25, 0.3) is 22.9 Å². The third-order valence-corrected chi connectivity index (χ3v) is 2.97. The molecule has 0 fully saturated rings. The minimum absolute atomic E-state index is 0.356. The highest BCUT2D eigenvalue weighted by Gasteiger charge is 2.14. The van der Waals surface area contributed by atoms with E-state index in [1.807, 2.05) is 19.1 Å². The molecular formula is C15H12N4O2. The van der Waals surface area contributed by atoms with Gasteiger partial charge in [-0.1, -0.05) is 11.6 Å². The highest BCUT2D eigenvalue weighted by Crippen LogP contribution is 2.29. The second-order valence-corrected chi connectivity index (χ2v) is 4.46. The molecule has 2 aromatic heterocycles. The lowest BCUT2D eigenvalue weighted by molar-refractivity contribution is -0.105. The summed E-state index contributed by atoms with van der Waals surface area (Å²) >= 11 is 0. The van der Waals surface area contributed by atoms with Gasteiger partial charge in [0.05, 0.1) is 11.3 Å². The van der Waals surface area contributed by atoms with Crippen LogP contribution in [-0.4, -0.2) is 21.6 Å². The monoisotopic (exact) mass is 280 g/mol. The van der Waals surface area contributed by atoms with E-state index in [0.717, 1.165) is 11.1 Å². The van der Waals surface area contributed by atoms with Crippen molar-refractivity contribution in [3.63, 3.8) is 0 Å². The Kier molecular flexibility index (Phi) is 3.42. The van der Waals surface area contributed by atoms with Gasteiger partial charge in [0.25, 0.3) is 0 Å². The topological polar surface area (TPSA) is 80.9 Å². The van der Waals surface area contributed by atoms with E-state index in [1.165, 1.54) is 0 Å². The average Bonchev–Trinajstić information content (AvgIpc) is 3.00. The summed E-state index contributed by atoms with van der Waals surface area (Å²) < 4.78 is 5.69. The van der Waals surface area contributed by atoms with E-state index in [2.05, 4.69) is 20.5 Å². The Morgan fingerprint density at radius 2 is 1.86 bits per heavy atom. The van der Waals surface area contributed by atoms with Crippen molar-refractivity contribution < 1.29 is 9.21 Å². The summed E-state index contributed by atoms with van der Waals surface area (Å²) in [5, 5.41) is 10.7. The molecule has 0 radical (unpaired) electrons. The van der Waals surface area contributed by atoms with E-state index >= 15 is 0 Å². The molecule has 0 unspecified atom stereocenters. The number of carbonyl (C=O) groups excluding carboxylic acids is 1. The summed E-state index contributed by atoms with van der Waals surface area (Å²) in [6.07, 6.45) is 3.94. The predicted molar refractivity (Wildman–Crippen MR) is 77.4 cm³/mol. The van der Waals surface area contributed by atoms with Crippen LogP contribution in [-0.2, 0) is 4.79 Å². The van der Waals surface area contributed by atoms with Crippen molar-refractivity contribution in [2.24, 2.45) is 0 Å². The first-order chi connectivity index (χ1) is 10.3. The van der Waals surface area contributed by atoms with E-state index in [9.17, 15) is 4.79 Å². The van der Waals surface area contributed by atoms with Crippen LogP contribution in [0.3, 0.4) is 0 Å². The maximum absolute atomic E-state index is 10.7. The smallest absolute Gasteiger partial charge is 0.250 e. The standard InChI is InChI=1S/C15H12N4O2/c1-10-2-3-13(17-9-20)12(8-10)15-19-18-14(21-15)11-4-6-16-7-5-11/h2-9H,1H3,(H,17,20). The van der Waals surface area contributed by atoms with Crippen LogP contribution in [0.4, 0.5) is 5.69 Å². The van der Waals surface area contributed by atoms with Gasteiger partial charge in [0.1, 0.15) is 0 Å². The maximum atomic E-state index is 10.7. The van der Waals surface area contributed by atoms with Crippen molar-refractivity contribution >= 4 is 12.1 Å². The second-order valence-electron chi connectivity index (χ2n) is 4.46. The molecular weight excluding hydrogens is 268 g/mol. The number of amides is 1. The molecule has 104 valence electrons. The molecule has 0 spiro atoms. The summed E-state index contributed by atoms with van der Waals surface area (Å²) in [7, 11) is 0. The number of benzene rings is 1. The van der Waals surface area contributed by atoms with Gasteiger partial charge in [0.2, 0.25) is 18.2 Å². The van der Waals surface area contributed by atoms with Gasteiger partial charge in [-0.05, 0) is 31.2 Å². The maximum Gasteiger partial charge on any atom is 0.250 e. The molecule has 0 aliphatic rings. The summed E-state index contributed by atoms with van der Waals surface area (Å²) in [5.74, 6) is 0.765. The van der Waals surface area contributed by atoms with E-state index < -0.39 is 0 Å². The van der Waals surface area contributed by atoms with Crippen LogP contribution in [0.1, 0.15) is 5.56 Å². The number of pyridine rings is 1.